The first-order chi connectivity index (χ1) is 36.9. The number of alkyl halides is 3. The van der Waals surface area contributed by atoms with Crippen LogP contribution in [0.1, 0.15) is 165 Å². The molecule has 0 aliphatic carbocycles. The summed E-state index contributed by atoms with van der Waals surface area (Å²) in [7, 11) is -4.66. The number of alkyl carbamates (subject to hydrolysis) is 1. The molecule has 76 heavy (non-hydrogen) atoms. The minimum atomic E-state index is -4.66. The minimum Gasteiger partial charge on any atom is -0.457 e. The third-order valence-corrected chi connectivity index (χ3v) is 14.6. The van der Waals surface area contributed by atoms with Crippen molar-refractivity contribution in [3.05, 3.63) is 120 Å². The Morgan fingerprint density at radius 1 is 0.684 bits per heavy atom. The first-order valence-electron chi connectivity index (χ1n) is 27.9. The van der Waals surface area contributed by atoms with E-state index in [1.165, 1.54) is 89.5 Å². The number of esters is 1. The van der Waals surface area contributed by atoms with Crippen LogP contribution in [0.15, 0.2) is 104 Å². The van der Waals surface area contributed by atoms with Crippen molar-refractivity contribution in [1.29, 1.82) is 0 Å². The molecule has 3 aromatic carbocycles. The predicted molar refractivity (Wildman–Crippen MR) is 302 cm³/mol. The van der Waals surface area contributed by atoms with Gasteiger partial charge in [-0.05, 0) is 29.5 Å². The molecular weight excluding hydrogens is 1050 g/mol. The minimum absolute atomic E-state index is 0.0533. The van der Waals surface area contributed by atoms with Gasteiger partial charge in [0.2, 0.25) is 3.79 Å². The predicted octanol–water partition coefficient (Wildman–Crippen LogP) is 16.1. The number of amides is 1. The summed E-state index contributed by atoms with van der Waals surface area (Å²) in [5.74, 6) is -0.664. The Balaban J connectivity index is 1.67. The van der Waals surface area contributed by atoms with Crippen molar-refractivity contribution >= 4 is 54.7 Å². The molecule has 0 bridgehead atoms. The summed E-state index contributed by atoms with van der Waals surface area (Å²) in [6, 6.07) is 26.4. The molecule has 1 aliphatic rings. The molecule has 0 saturated carbocycles. The highest BCUT2D eigenvalue weighted by Crippen LogP contribution is 2.54. The van der Waals surface area contributed by atoms with E-state index in [0.717, 1.165) is 44.1 Å². The topological polar surface area (TPSA) is 146 Å². The summed E-state index contributed by atoms with van der Waals surface area (Å²) >= 11 is 18.0. The van der Waals surface area contributed by atoms with Crippen LogP contribution in [0, 0.1) is 0 Å². The standard InChI is InChI=1S/C59H87Cl3NO12P/c1-4-7-9-11-13-15-17-19-21-32-41-68-51(39-31-20-18-16-14-12-10-8-5-2)42-53(64)74-56-54(63-58(65)70-47-59(60,61)62)57(69-40-6-3)73-52(46-67-43-48-33-25-22-26-34-48)55(56)75-76(66,71-44-49-35-27-23-28-36-49)72-45-50-37-29-24-30-38-50/h6,22-30,33-38,51-52,54-57H,3-5,7-21,31-32,39-47H2,1-2H3,(H,63,65)/t51-,52-,54-,55-,56-,57+/m1/s1. The molecule has 0 spiro atoms. The Morgan fingerprint density at radius 3 is 1.67 bits per heavy atom. The van der Waals surface area contributed by atoms with Crippen LogP contribution < -0.4 is 5.32 Å². The quantitative estimate of drug-likeness (QED) is 0.0189. The fourth-order valence-electron chi connectivity index (χ4n) is 8.81. The van der Waals surface area contributed by atoms with Gasteiger partial charge in [-0.15, -0.1) is 6.58 Å². The SMILES string of the molecule is C=CCO[C@H]1O[C@H](COCc2ccccc2)[C@@H](OP(=O)(OCc2ccccc2)OCc2ccccc2)[C@H](OC(=O)C[C@@H](CCCCCCCCCCC)OCCCCCCCCCCCC)[C@H]1NC(=O)OCC(Cl)(Cl)Cl. The monoisotopic (exact) mass is 1140 g/mol. The number of carbonyl (C=O) groups is 2. The summed E-state index contributed by atoms with van der Waals surface area (Å²) < 4.78 is 69.5. The van der Waals surface area contributed by atoms with Crippen molar-refractivity contribution in [2.75, 3.05) is 26.4 Å². The van der Waals surface area contributed by atoms with E-state index >= 15 is 4.57 Å². The number of carbonyl (C=O) groups excluding carboxylic acids is 2. The zero-order valence-electron chi connectivity index (χ0n) is 45.2. The van der Waals surface area contributed by atoms with Crippen LogP contribution in [0.4, 0.5) is 4.79 Å². The van der Waals surface area contributed by atoms with Crippen LogP contribution in [0.3, 0.4) is 0 Å². The van der Waals surface area contributed by atoms with Crippen LogP contribution >= 0.6 is 42.6 Å². The second-order valence-electron chi connectivity index (χ2n) is 19.5. The van der Waals surface area contributed by atoms with Gasteiger partial charge in [-0.2, -0.15) is 0 Å². The maximum absolute atomic E-state index is 15.3. The van der Waals surface area contributed by atoms with E-state index < -0.39 is 67.0 Å². The van der Waals surface area contributed by atoms with Crippen molar-refractivity contribution in [2.24, 2.45) is 0 Å². The van der Waals surface area contributed by atoms with Gasteiger partial charge in [0, 0.05) is 6.61 Å². The van der Waals surface area contributed by atoms with Gasteiger partial charge < -0.3 is 33.7 Å². The van der Waals surface area contributed by atoms with Crippen molar-refractivity contribution in [2.45, 2.75) is 209 Å². The number of rotatable bonds is 42. The molecule has 426 valence electrons. The molecule has 1 N–H and O–H groups in total. The Morgan fingerprint density at radius 2 is 1.17 bits per heavy atom. The molecule has 1 fully saturated rings. The lowest BCUT2D eigenvalue weighted by molar-refractivity contribution is -0.271. The summed E-state index contributed by atoms with van der Waals surface area (Å²) in [6.07, 6.45) is 17.2. The highest BCUT2D eigenvalue weighted by molar-refractivity contribution is 7.48. The van der Waals surface area contributed by atoms with Gasteiger partial charge >= 0.3 is 19.9 Å². The van der Waals surface area contributed by atoms with Gasteiger partial charge in [0.1, 0.15) is 24.9 Å². The zero-order valence-corrected chi connectivity index (χ0v) is 48.4. The first-order valence-corrected chi connectivity index (χ1v) is 30.5. The molecule has 13 nitrogen and oxygen atoms in total. The molecule has 1 heterocycles. The van der Waals surface area contributed by atoms with E-state index in [0.29, 0.717) is 24.2 Å². The third-order valence-electron chi connectivity index (χ3n) is 12.9. The molecule has 17 heteroatoms. The number of phosphoric acid groups is 1. The summed E-state index contributed by atoms with van der Waals surface area (Å²) in [5.41, 5.74) is 2.24. The Labute approximate surface area is 469 Å². The molecule has 3 aromatic rings. The fraction of sp³-hybridized carbons (Fsp3) is 0.627. The maximum Gasteiger partial charge on any atom is 0.475 e. The largest absolute Gasteiger partial charge is 0.475 e. The number of unbranched alkanes of at least 4 members (excludes halogenated alkanes) is 17. The molecule has 1 saturated heterocycles. The summed E-state index contributed by atoms with van der Waals surface area (Å²) in [5, 5.41) is 2.72. The average molecular weight is 1140 g/mol. The second kappa shape index (κ2) is 39.3. The van der Waals surface area contributed by atoms with Crippen LogP contribution in [-0.4, -0.2) is 79.0 Å². The number of ether oxygens (including phenoxy) is 6. The smallest absolute Gasteiger partial charge is 0.457 e. The molecule has 0 radical (unpaired) electrons. The molecule has 6 atom stereocenters. The van der Waals surface area contributed by atoms with Gasteiger partial charge in [-0.3, -0.25) is 18.4 Å². The second-order valence-corrected chi connectivity index (χ2v) is 23.7. The fourth-order valence-corrected chi connectivity index (χ4v) is 10.3. The highest BCUT2D eigenvalue weighted by atomic mass is 35.6. The Bertz CT molecular complexity index is 1970. The number of phosphoric ester groups is 1. The lowest BCUT2D eigenvalue weighted by Crippen LogP contribution is -2.66. The number of hydrogen-bond donors (Lipinski definition) is 1. The van der Waals surface area contributed by atoms with Crippen molar-refractivity contribution in [3.8, 4) is 0 Å². The van der Waals surface area contributed by atoms with E-state index in [1.807, 2.05) is 91.0 Å². The number of nitrogens with one attached hydrogen (secondary N) is 1. The van der Waals surface area contributed by atoms with E-state index in [9.17, 15) is 9.59 Å². The molecule has 1 amide bonds. The van der Waals surface area contributed by atoms with Gasteiger partial charge in [0.15, 0.2) is 12.4 Å². The number of hydrogen-bond acceptors (Lipinski definition) is 12. The van der Waals surface area contributed by atoms with Crippen LogP contribution in [-0.2, 0) is 71.2 Å². The lowest BCUT2D eigenvalue weighted by Gasteiger charge is -2.45. The van der Waals surface area contributed by atoms with Crippen molar-refractivity contribution in [1.82, 2.24) is 5.32 Å². The molecule has 0 unspecified atom stereocenters. The summed E-state index contributed by atoms with van der Waals surface area (Å²) in [4.78, 5) is 28.4. The van der Waals surface area contributed by atoms with E-state index in [2.05, 4.69) is 25.7 Å². The molecule has 0 aromatic heterocycles. The van der Waals surface area contributed by atoms with Gasteiger partial charge in [0.05, 0.1) is 45.6 Å². The normalized spacial score (nSPS) is 18.2. The van der Waals surface area contributed by atoms with Gasteiger partial charge in [0.25, 0.3) is 0 Å². The molecule has 4 rings (SSSR count). The van der Waals surface area contributed by atoms with Gasteiger partial charge in [-0.1, -0.05) is 261 Å². The number of benzene rings is 3. The van der Waals surface area contributed by atoms with E-state index in [1.54, 1.807) is 0 Å². The van der Waals surface area contributed by atoms with E-state index in [-0.39, 0.29) is 39.5 Å². The maximum atomic E-state index is 15.3. The molecule has 1 aliphatic heterocycles. The average Bonchev–Trinajstić information content (AvgIpc) is 3.42. The highest BCUT2D eigenvalue weighted by Gasteiger charge is 2.53. The Kier molecular flexibility index (Phi) is 33.9. The van der Waals surface area contributed by atoms with E-state index in [4.69, 9.17) is 76.8 Å². The number of halogens is 3. The van der Waals surface area contributed by atoms with Crippen LogP contribution in [0.25, 0.3) is 0 Å². The zero-order chi connectivity index (χ0) is 54.5. The van der Waals surface area contributed by atoms with Crippen LogP contribution in [0.5, 0.6) is 0 Å². The van der Waals surface area contributed by atoms with Gasteiger partial charge in [-0.25, -0.2) is 9.36 Å². The third kappa shape index (κ3) is 28.7. The van der Waals surface area contributed by atoms with Crippen molar-refractivity contribution in [3.63, 3.8) is 0 Å². The molecular formula is C59H87Cl3NO12P. The lowest BCUT2D eigenvalue weighted by atomic mass is 9.96. The van der Waals surface area contributed by atoms with Crippen molar-refractivity contribution < 1.29 is 56.1 Å². The Hall–Kier alpha value is -3.04. The summed E-state index contributed by atoms with van der Waals surface area (Å²) in [6.45, 7) is 7.71. The van der Waals surface area contributed by atoms with Crippen LogP contribution in [0.2, 0.25) is 0 Å². The first kappa shape index (κ1) is 65.5.